The Morgan fingerprint density at radius 1 is 1.44 bits per heavy atom. The molecule has 1 rings (SSSR count). The summed E-state index contributed by atoms with van der Waals surface area (Å²) in [5.74, 6) is 0.129. The molecule has 0 saturated heterocycles. The van der Waals surface area contributed by atoms with Crippen molar-refractivity contribution < 1.29 is 13.6 Å². The molecule has 0 aliphatic heterocycles. The van der Waals surface area contributed by atoms with E-state index in [2.05, 4.69) is 0 Å². The second kappa shape index (κ2) is 5.79. The lowest BCUT2D eigenvalue weighted by molar-refractivity contribution is 0.179. The normalized spacial score (nSPS) is 26.9. The first-order chi connectivity index (χ1) is 7.57. The second-order valence-corrected chi connectivity index (χ2v) is 6.24. The first kappa shape index (κ1) is 13.7. The Hall–Kier alpha value is -0.400. The molecule has 1 aliphatic rings. The van der Waals surface area contributed by atoms with Gasteiger partial charge in [-0.15, -0.1) is 0 Å². The van der Waals surface area contributed by atoms with Crippen LogP contribution in [0.15, 0.2) is 0 Å². The van der Waals surface area contributed by atoms with E-state index < -0.39 is 13.6 Å². The number of hydrogen-bond donors (Lipinski definition) is 1. The first-order valence-corrected chi connectivity index (χ1v) is 7.22. The zero-order valence-electron chi connectivity index (χ0n) is 9.76. The molecule has 1 atom stereocenters. The lowest BCUT2D eigenvalue weighted by Crippen LogP contribution is -2.41. The molecule has 0 spiro atoms. The molecule has 16 heavy (non-hydrogen) atoms. The monoisotopic (exact) mass is 246 g/mol. The fourth-order valence-corrected chi connectivity index (χ4v) is 4.17. The summed E-state index contributed by atoms with van der Waals surface area (Å²) in [5.41, 5.74) is 5.51. The molecule has 5 nitrogen and oxygen atoms in total. The van der Waals surface area contributed by atoms with Crippen molar-refractivity contribution in [1.82, 2.24) is 0 Å². The minimum Gasteiger partial charge on any atom is -0.316 e. The van der Waals surface area contributed by atoms with Crippen LogP contribution in [-0.2, 0) is 13.6 Å². The topological polar surface area (TPSA) is 85.3 Å². The number of nitriles is 1. The van der Waals surface area contributed by atoms with E-state index in [1.807, 2.05) is 6.07 Å². The molecule has 0 heterocycles. The van der Waals surface area contributed by atoms with Gasteiger partial charge < -0.3 is 14.8 Å². The highest BCUT2D eigenvalue weighted by Gasteiger charge is 2.46. The van der Waals surface area contributed by atoms with Gasteiger partial charge in [-0.2, -0.15) is 5.26 Å². The molecule has 2 N–H and O–H groups in total. The van der Waals surface area contributed by atoms with Gasteiger partial charge in [0.2, 0.25) is 0 Å². The van der Waals surface area contributed by atoms with Crippen LogP contribution in [0, 0.1) is 17.2 Å². The van der Waals surface area contributed by atoms with Gasteiger partial charge in [0.25, 0.3) is 0 Å². The van der Waals surface area contributed by atoms with Crippen molar-refractivity contribution in [1.29, 1.82) is 5.26 Å². The van der Waals surface area contributed by atoms with Gasteiger partial charge in [-0.3, -0.25) is 4.57 Å². The molecule has 0 bridgehead atoms. The molecule has 92 valence electrons. The summed E-state index contributed by atoms with van der Waals surface area (Å²) in [6.45, 7) is 4.34. The van der Waals surface area contributed by atoms with Gasteiger partial charge in [-0.1, -0.05) is 0 Å². The summed E-state index contributed by atoms with van der Waals surface area (Å²) in [5, 5.41) is 8.66. The zero-order chi connectivity index (χ0) is 12.2. The average Bonchev–Trinajstić information content (AvgIpc) is 2.15. The Kier molecular flexibility index (Phi) is 4.94. The van der Waals surface area contributed by atoms with Crippen LogP contribution in [-0.4, -0.2) is 24.9 Å². The lowest BCUT2D eigenvalue weighted by atomic mass is 9.80. The maximum absolute atomic E-state index is 12.3. The quantitative estimate of drug-likeness (QED) is 0.723. The molecule has 1 aliphatic carbocycles. The van der Waals surface area contributed by atoms with E-state index >= 15 is 0 Å². The van der Waals surface area contributed by atoms with E-state index in [0.29, 0.717) is 26.1 Å². The molecule has 0 unspecified atom stereocenters. The van der Waals surface area contributed by atoms with Crippen LogP contribution in [0.3, 0.4) is 0 Å². The highest BCUT2D eigenvalue weighted by Crippen LogP contribution is 2.61. The standard InChI is InChI=1S/C10H19N2O3P/c1-3-14-16(13,15-4-2)9-5-8(6-9)10(12)7-11/h8-10H,3-6,12H2,1-2H3/t8?,9?,10-/m0/s1. The van der Waals surface area contributed by atoms with Gasteiger partial charge >= 0.3 is 7.60 Å². The van der Waals surface area contributed by atoms with Gasteiger partial charge in [0, 0.05) is 0 Å². The van der Waals surface area contributed by atoms with Crippen molar-refractivity contribution in [2.24, 2.45) is 11.7 Å². The Bertz CT molecular complexity index is 300. The third-order valence-electron chi connectivity index (χ3n) is 2.87. The van der Waals surface area contributed by atoms with Crippen molar-refractivity contribution in [3.8, 4) is 6.07 Å². The Labute approximate surface area is 96.4 Å². The summed E-state index contributed by atoms with van der Waals surface area (Å²) in [4.78, 5) is 0. The number of hydrogen-bond acceptors (Lipinski definition) is 5. The fraction of sp³-hybridized carbons (Fsp3) is 0.900. The summed E-state index contributed by atoms with van der Waals surface area (Å²) in [6.07, 6.45) is 1.32. The van der Waals surface area contributed by atoms with Crippen LogP contribution >= 0.6 is 7.60 Å². The van der Waals surface area contributed by atoms with Gasteiger partial charge in [0.1, 0.15) is 0 Å². The first-order valence-electron chi connectivity index (χ1n) is 5.61. The molecule has 0 radical (unpaired) electrons. The maximum Gasteiger partial charge on any atom is 0.333 e. The van der Waals surface area contributed by atoms with Gasteiger partial charge in [-0.25, -0.2) is 0 Å². The van der Waals surface area contributed by atoms with Gasteiger partial charge in [-0.05, 0) is 32.6 Å². The van der Waals surface area contributed by atoms with Crippen molar-refractivity contribution in [2.75, 3.05) is 13.2 Å². The molecule has 0 aromatic heterocycles. The van der Waals surface area contributed by atoms with E-state index in [1.165, 1.54) is 0 Å². The lowest BCUT2D eigenvalue weighted by Gasteiger charge is -2.39. The van der Waals surface area contributed by atoms with E-state index in [0.717, 1.165) is 0 Å². The largest absolute Gasteiger partial charge is 0.333 e. The van der Waals surface area contributed by atoms with Crippen LogP contribution in [0.2, 0.25) is 0 Å². The zero-order valence-corrected chi connectivity index (χ0v) is 10.7. The molecule has 0 amide bonds. The van der Waals surface area contributed by atoms with Crippen LogP contribution in [0.5, 0.6) is 0 Å². The summed E-state index contributed by atoms with van der Waals surface area (Å²) < 4.78 is 22.8. The number of rotatable bonds is 6. The number of nitrogens with zero attached hydrogens (tertiary/aromatic N) is 1. The third kappa shape index (κ3) is 2.83. The molecule has 1 fully saturated rings. The molecule has 0 aromatic rings. The van der Waals surface area contributed by atoms with Crippen LogP contribution in [0.25, 0.3) is 0 Å². The highest BCUT2D eigenvalue weighted by atomic mass is 31.2. The Balaban J connectivity index is 2.53. The van der Waals surface area contributed by atoms with Crippen LogP contribution < -0.4 is 5.73 Å². The Morgan fingerprint density at radius 3 is 2.31 bits per heavy atom. The van der Waals surface area contributed by atoms with Crippen molar-refractivity contribution in [3.63, 3.8) is 0 Å². The van der Waals surface area contributed by atoms with Crippen molar-refractivity contribution in [2.45, 2.75) is 38.4 Å². The van der Waals surface area contributed by atoms with Gasteiger partial charge in [0.05, 0.1) is 31.0 Å². The molecule has 0 aromatic carbocycles. The minimum atomic E-state index is -2.98. The van der Waals surface area contributed by atoms with Crippen LogP contribution in [0.1, 0.15) is 26.7 Å². The highest BCUT2D eigenvalue weighted by molar-refractivity contribution is 7.54. The van der Waals surface area contributed by atoms with Crippen molar-refractivity contribution in [3.05, 3.63) is 0 Å². The van der Waals surface area contributed by atoms with E-state index in [4.69, 9.17) is 20.0 Å². The van der Waals surface area contributed by atoms with Gasteiger partial charge in [0.15, 0.2) is 0 Å². The van der Waals surface area contributed by atoms with Crippen molar-refractivity contribution >= 4 is 7.60 Å². The van der Waals surface area contributed by atoms with Crippen LogP contribution in [0.4, 0.5) is 0 Å². The third-order valence-corrected chi connectivity index (χ3v) is 5.42. The Morgan fingerprint density at radius 2 is 1.94 bits per heavy atom. The molecule has 6 heteroatoms. The summed E-state index contributed by atoms with van der Waals surface area (Å²) in [7, 11) is -2.98. The number of nitrogens with two attached hydrogens (primary N) is 1. The molecular formula is C10H19N2O3P. The average molecular weight is 246 g/mol. The second-order valence-electron chi connectivity index (χ2n) is 3.92. The summed E-state index contributed by atoms with van der Waals surface area (Å²) >= 11 is 0. The SMILES string of the molecule is CCOP(=O)(OCC)C1CC([C@@H](N)C#N)C1. The fourth-order valence-electron chi connectivity index (χ4n) is 1.89. The smallest absolute Gasteiger partial charge is 0.316 e. The predicted octanol–water partition coefficient (Wildman–Crippen LogP) is 1.88. The summed E-state index contributed by atoms with van der Waals surface area (Å²) in [6, 6.07) is 1.54. The van der Waals surface area contributed by atoms with E-state index in [9.17, 15) is 4.57 Å². The molecular weight excluding hydrogens is 227 g/mol. The molecule has 1 saturated carbocycles. The predicted molar refractivity (Wildman–Crippen MR) is 61.0 cm³/mol. The maximum atomic E-state index is 12.3. The van der Waals surface area contributed by atoms with E-state index in [-0.39, 0.29) is 11.6 Å². The van der Waals surface area contributed by atoms with E-state index in [1.54, 1.807) is 13.8 Å². The minimum absolute atomic E-state index is 0.0863.